The van der Waals surface area contributed by atoms with Gasteiger partial charge in [0.2, 0.25) is 0 Å². The Morgan fingerprint density at radius 3 is 2.67 bits per heavy atom. The maximum absolute atomic E-state index is 11.5. The molecule has 0 unspecified atom stereocenters. The molecule has 2 heterocycles. The number of urea groups is 1. The van der Waals surface area contributed by atoms with Gasteiger partial charge in [0.25, 0.3) is 5.91 Å². The Kier molecular flexibility index (Phi) is 3.70. The molecule has 0 aromatic carbocycles. The minimum absolute atomic E-state index is 0.0917. The van der Waals surface area contributed by atoms with Gasteiger partial charge in [0.15, 0.2) is 5.76 Å². The summed E-state index contributed by atoms with van der Waals surface area (Å²) in [5.41, 5.74) is 0.894. The lowest BCUT2D eigenvalue weighted by Crippen LogP contribution is -2.38. The molecule has 0 radical (unpaired) electrons. The highest BCUT2D eigenvalue weighted by atomic mass is 16.3. The fourth-order valence-corrected chi connectivity index (χ4v) is 1.30. The van der Waals surface area contributed by atoms with Crippen LogP contribution in [0.2, 0.25) is 0 Å². The zero-order valence-electron chi connectivity index (χ0n) is 9.42. The molecule has 2 N–H and O–H groups in total. The van der Waals surface area contributed by atoms with Crippen molar-refractivity contribution in [2.75, 3.05) is 0 Å². The Balaban J connectivity index is 1.81. The highest BCUT2D eigenvalue weighted by Gasteiger charge is 2.11. The average molecular weight is 245 g/mol. The van der Waals surface area contributed by atoms with Gasteiger partial charge in [-0.25, -0.2) is 4.79 Å². The Hall–Kier alpha value is -2.63. The van der Waals surface area contributed by atoms with Crippen molar-refractivity contribution in [1.29, 1.82) is 0 Å². The summed E-state index contributed by atoms with van der Waals surface area (Å²) in [5.74, 6) is -0.485. The van der Waals surface area contributed by atoms with Gasteiger partial charge in [0.1, 0.15) is 0 Å². The molecule has 0 atom stereocenters. The summed E-state index contributed by atoms with van der Waals surface area (Å²) in [4.78, 5) is 26.7. The summed E-state index contributed by atoms with van der Waals surface area (Å²) in [5, 5.41) is 4.71. The van der Waals surface area contributed by atoms with E-state index in [2.05, 4.69) is 15.6 Å². The smallest absolute Gasteiger partial charge is 0.322 e. The van der Waals surface area contributed by atoms with Crippen LogP contribution in [0.25, 0.3) is 0 Å². The van der Waals surface area contributed by atoms with Gasteiger partial charge in [-0.15, -0.1) is 0 Å². The summed E-state index contributed by atoms with van der Waals surface area (Å²) in [6, 6.07) is 6.02. The Labute approximate surface area is 103 Å². The molecule has 0 aliphatic carbocycles. The second kappa shape index (κ2) is 5.62. The van der Waals surface area contributed by atoms with E-state index in [4.69, 9.17) is 4.42 Å². The van der Waals surface area contributed by atoms with Crippen LogP contribution in [-0.2, 0) is 6.54 Å². The average Bonchev–Trinajstić information content (AvgIpc) is 2.91. The maximum atomic E-state index is 11.5. The zero-order valence-corrected chi connectivity index (χ0v) is 9.42. The van der Waals surface area contributed by atoms with Gasteiger partial charge in [0, 0.05) is 18.9 Å². The molecule has 18 heavy (non-hydrogen) atoms. The van der Waals surface area contributed by atoms with Crippen LogP contribution in [0.3, 0.4) is 0 Å². The van der Waals surface area contributed by atoms with Crippen LogP contribution in [0.1, 0.15) is 16.1 Å². The van der Waals surface area contributed by atoms with Crippen molar-refractivity contribution in [3.05, 3.63) is 54.2 Å². The number of nitrogens with zero attached hydrogens (tertiary/aromatic N) is 1. The molecule has 0 aliphatic rings. The van der Waals surface area contributed by atoms with E-state index < -0.39 is 11.9 Å². The normalized spacial score (nSPS) is 9.78. The molecule has 6 nitrogen and oxygen atoms in total. The number of nitrogens with one attached hydrogen (secondary N) is 2. The van der Waals surface area contributed by atoms with E-state index >= 15 is 0 Å². The summed E-state index contributed by atoms with van der Waals surface area (Å²) < 4.78 is 4.86. The summed E-state index contributed by atoms with van der Waals surface area (Å²) in [6.07, 6.45) is 4.62. The van der Waals surface area contributed by atoms with Gasteiger partial charge in [-0.3, -0.25) is 15.1 Å². The third-order valence-electron chi connectivity index (χ3n) is 2.17. The zero-order chi connectivity index (χ0) is 12.8. The van der Waals surface area contributed by atoms with Gasteiger partial charge in [-0.1, -0.05) is 0 Å². The van der Waals surface area contributed by atoms with Crippen molar-refractivity contribution in [2.45, 2.75) is 6.54 Å². The summed E-state index contributed by atoms with van der Waals surface area (Å²) in [7, 11) is 0. The lowest BCUT2D eigenvalue weighted by atomic mass is 10.3. The van der Waals surface area contributed by atoms with Crippen molar-refractivity contribution in [1.82, 2.24) is 15.6 Å². The molecule has 92 valence electrons. The van der Waals surface area contributed by atoms with Gasteiger partial charge in [-0.05, 0) is 29.8 Å². The first kappa shape index (κ1) is 11.8. The van der Waals surface area contributed by atoms with Crippen LogP contribution >= 0.6 is 0 Å². The monoisotopic (exact) mass is 245 g/mol. The van der Waals surface area contributed by atoms with Crippen LogP contribution in [0, 0.1) is 0 Å². The predicted octanol–water partition coefficient (Wildman–Crippen LogP) is 1.31. The SMILES string of the molecule is O=C(NCc1ccncc1)NC(=O)c1ccco1. The van der Waals surface area contributed by atoms with Crippen LogP contribution in [0.15, 0.2) is 47.3 Å². The number of carbonyl (C=O) groups excluding carboxylic acids is 2. The Morgan fingerprint density at radius 1 is 1.22 bits per heavy atom. The van der Waals surface area contributed by atoms with E-state index in [-0.39, 0.29) is 5.76 Å². The van der Waals surface area contributed by atoms with Gasteiger partial charge in [-0.2, -0.15) is 0 Å². The number of furan rings is 1. The van der Waals surface area contributed by atoms with E-state index in [9.17, 15) is 9.59 Å². The number of hydrogen-bond acceptors (Lipinski definition) is 4. The molecule has 0 bridgehead atoms. The number of rotatable bonds is 3. The highest BCUT2D eigenvalue weighted by Crippen LogP contribution is 1.99. The number of imide groups is 1. The van der Waals surface area contributed by atoms with Crippen molar-refractivity contribution in [3.8, 4) is 0 Å². The number of aromatic nitrogens is 1. The quantitative estimate of drug-likeness (QED) is 0.854. The van der Waals surface area contributed by atoms with E-state index in [1.807, 2.05) is 0 Å². The maximum Gasteiger partial charge on any atom is 0.322 e. The molecule has 2 aromatic heterocycles. The van der Waals surface area contributed by atoms with E-state index in [0.717, 1.165) is 5.56 Å². The van der Waals surface area contributed by atoms with Crippen LogP contribution in [-0.4, -0.2) is 16.9 Å². The third kappa shape index (κ3) is 3.18. The van der Waals surface area contributed by atoms with E-state index in [1.54, 1.807) is 30.6 Å². The molecular weight excluding hydrogens is 234 g/mol. The molecule has 0 aliphatic heterocycles. The molecule has 0 spiro atoms. The van der Waals surface area contributed by atoms with Gasteiger partial charge >= 0.3 is 6.03 Å². The number of carbonyl (C=O) groups is 2. The van der Waals surface area contributed by atoms with E-state index in [1.165, 1.54) is 12.3 Å². The first-order valence-electron chi connectivity index (χ1n) is 5.27. The third-order valence-corrected chi connectivity index (χ3v) is 2.17. The fourth-order valence-electron chi connectivity index (χ4n) is 1.30. The molecular formula is C12H11N3O3. The molecule has 3 amide bonds. The van der Waals surface area contributed by atoms with Gasteiger partial charge < -0.3 is 9.73 Å². The minimum atomic E-state index is -0.577. The molecule has 0 fully saturated rings. The minimum Gasteiger partial charge on any atom is -0.459 e. The van der Waals surface area contributed by atoms with Crippen molar-refractivity contribution in [3.63, 3.8) is 0 Å². The van der Waals surface area contributed by atoms with Gasteiger partial charge in [0.05, 0.1) is 6.26 Å². The highest BCUT2D eigenvalue weighted by molar-refractivity contribution is 6.02. The van der Waals surface area contributed by atoms with Crippen LogP contribution in [0.4, 0.5) is 4.79 Å². The summed E-state index contributed by atoms with van der Waals surface area (Å²) in [6.45, 7) is 0.319. The second-order valence-corrected chi connectivity index (χ2v) is 3.47. The summed E-state index contributed by atoms with van der Waals surface area (Å²) >= 11 is 0. The number of amides is 3. The molecule has 0 saturated carbocycles. The fraction of sp³-hybridized carbons (Fsp3) is 0.0833. The lowest BCUT2D eigenvalue weighted by molar-refractivity contribution is 0.0936. The number of hydrogen-bond donors (Lipinski definition) is 2. The molecule has 2 aromatic rings. The van der Waals surface area contributed by atoms with E-state index in [0.29, 0.717) is 6.54 Å². The van der Waals surface area contributed by atoms with Crippen molar-refractivity contribution >= 4 is 11.9 Å². The standard InChI is InChI=1S/C12H11N3O3/c16-11(10-2-1-7-18-10)15-12(17)14-8-9-3-5-13-6-4-9/h1-7H,8H2,(H2,14,15,16,17). The first-order valence-corrected chi connectivity index (χ1v) is 5.27. The molecule has 0 saturated heterocycles. The largest absolute Gasteiger partial charge is 0.459 e. The van der Waals surface area contributed by atoms with Crippen molar-refractivity contribution < 1.29 is 14.0 Å². The molecule has 2 rings (SSSR count). The van der Waals surface area contributed by atoms with Crippen molar-refractivity contribution in [2.24, 2.45) is 0 Å². The predicted molar refractivity (Wildman–Crippen MR) is 62.6 cm³/mol. The lowest BCUT2D eigenvalue weighted by Gasteiger charge is -2.05. The van der Waals surface area contributed by atoms with Crippen LogP contribution < -0.4 is 10.6 Å². The molecule has 6 heteroatoms. The first-order chi connectivity index (χ1) is 8.75. The topological polar surface area (TPSA) is 84.2 Å². The second-order valence-electron chi connectivity index (χ2n) is 3.47. The Morgan fingerprint density at radius 2 is 2.00 bits per heavy atom. The Bertz CT molecular complexity index is 523. The van der Waals surface area contributed by atoms with Crippen LogP contribution in [0.5, 0.6) is 0 Å². The number of pyridine rings is 1.